The molecule has 32 heavy (non-hydrogen) atoms. The number of hydrogen-bond donors (Lipinski definition) is 1. The lowest BCUT2D eigenvalue weighted by Crippen LogP contribution is -2.44. The summed E-state index contributed by atoms with van der Waals surface area (Å²) in [7, 11) is -3.66. The fourth-order valence-electron chi connectivity index (χ4n) is 4.33. The monoisotopic (exact) mass is 495 g/mol. The first-order chi connectivity index (χ1) is 15.3. The summed E-state index contributed by atoms with van der Waals surface area (Å²) in [6.45, 7) is 2.68. The summed E-state index contributed by atoms with van der Waals surface area (Å²) < 4.78 is 27.4. The molecule has 0 saturated carbocycles. The van der Waals surface area contributed by atoms with Gasteiger partial charge in [0.05, 0.1) is 11.7 Å². The second kappa shape index (κ2) is 10.00. The second-order valence-electron chi connectivity index (χ2n) is 8.38. The van der Waals surface area contributed by atoms with Gasteiger partial charge in [-0.1, -0.05) is 29.3 Å². The van der Waals surface area contributed by atoms with E-state index in [0.29, 0.717) is 35.0 Å². The van der Waals surface area contributed by atoms with Gasteiger partial charge in [0.2, 0.25) is 15.9 Å². The normalized spacial score (nSPS) is 19.8. The van der Waals surface area contributed by atoms with Crippen LogP contribution in [0, 0.1) is 5.92 Å². The van der Waals surface area contributed by atoms with Crippen molar-refractivity contribution >= 4 is 50.5 Å². The van der Waals surface area contributed by atoms with Gasteiger partial charge >= 0.3 is 0 Å². The van der Waals surface area contributed by atoms with Crippen LogP contribution in [0.5, 0.6) is 0 Å². The maximum atomic E-state index is 13.0. The van der Waals surface area contributed by atoms with Gasteiger partial charge in [-0.3, -0.25) is 4.79 Å². The van der Waals surface area contributed by atoms with E-state index in [2.05, 4.69) is 10.2 Å². The van der Waals surface area contributed by atoms with E-state index >= 15 is 0 Å². The molecular formula is C23H27Cl2N3O3S. The van der Waals surface area contributed by atoms with Gasteiger partial charge in [-0.25, -0.2) is 12.7 Å². The van der Waals surface area contributed by atoms with Crippen LogP contribution >= 0.6 is 23.2 Å². The van der Waals surface area contributed by atoms with Crippen LogP contribution in [0.2, 0.25) is 10.0 Å². The molecule has 9 heteroatoms. The predicted molar refractivity (Wildman–Crippen MR) is 130 cm³/mol. The van der Waals surface area contributed by atoms with Gasteiger partial charge in [-0.05, 0) is 62.1 Å². The van der Waals surface area contributed by atoms with Crippen molar-refractivity contribution < 1.29 is 13.2 Å². The highest BCUT2D eigenvalue weighted by atomic mass is 35.5. The lowest BCUT2D eigenvalue weighted by Gasteiger charge is -2.31. The Labute approximate surface area is 199 Å². The lowest BCUT2D eigenvalue weighted by molar-refractivity contribution is -0.120. The molecule has 0 radical (unpaired) electrons. The topological polar surface area (TPSA) is 69.7 Å². The first-order valence-electron chi connectivity index (χ1n) is 10.9. The standard InChI is InChI=1S/C23H27Cl2N3O3S/c24-21-6-3-7-22(25)20(21)16-32(30,31)28-14-4-5-17(15-28)23(29)26-18-8-10-19(11-9-18)27-12-1-2-13-27/h3,6-11,17H,1-2,4-5,12-16H2,(H,26,29)/t17-/m0/s1. The number of halogens is 2. The number of hydrogen-bond acceptors (Lipinski definition) is 4. The summed E-state index contributed by atoms with van der Waals surface area (Å²) in [4.78, 5) is 15.2. The van der Waals surface area contributed by atoms with Crippen molar-refractivity contribution in [2.45, 2.75) is 31.4 Å². The maximum Gasteiger partial charge on any atom is 0.228 e. The number of nitrogens with zero attached hydrogens (tertiary/aromatic N) is 2. The number of carbonyl (C=O) groups is 1. The van der Waals surface area contributed by atoms with Crippen molar-refractivity contribution in [2.24, 2.45) is 5.92 Å². The number of nitrogens with one attached hydrogen (secondary N) is 1. The average Bonchev–Trinajstić information content (AvgIpc) is 3.32. The minimum Gasteiger partial charge on any atom is -0.372 e. The van der Waals surface area contributed by atoms with Crippen LogP contribution in [-0.4, -0.2) is 44.8 Å². The number of anilines is 2. The van der Waals surface area contributed by atoms with Gasteiger partial charge in [-0.15, -0.1) is 0 Å². The minimum atomic E-state index is -3.66. The highest BCUT2D eigenvalue weighted by molar-refractivity contribution is 7.88. The molecule has 2 aliphatic rings. The number of benzene rings is 2. The van der Waals surface area contributed by atoms with Crippen LogP contribution in [-0.2, 0) is 20.6 Å². The summed E-state index contributed by atoms with van der Waals surface area (Å²) in [5.74, 6) is -0.842. The molecule has 0 aliphatic carbocycles. The third kappa shape index (κ3) is 5.39. The van der Waals surface area contributed by atoms with Crippen molar-refractivity contribution in [2.75, 3.05) is 36.4 Å². The molecule has 0 spiro atoms. The first kappa shape index (κ1) is 23.4. The Kier molecular flexibility index (Phi) is 7.30. The van der Waals surface area contributed by atoms with Crippen molar-refractivity contribution in [3.05, 3.63) is 58.1 Å². The fraction of sp³-hybridized carbons (Fsp3) is 0.435. The van der Waals surface area contributed by atoms with Crippen molar-refractivity contribution in [3.8, 4) is 0 Å². The molecule has 4 rings (SSSR count). The molecule has 2 aromatic rings. The summed E-state index contributed by atoms with van der Waals surface area (Å²) >= 11 is 12.3. The Morgan fingerprint density at radius 3 is 2.28 bits per heavy atom. The van der Waals surface area contributed by atoms with Crippen LogP contribution < -0.4 is 10.2 Å². The van der Waals surface area contributed by atoms with Crippen LogP contribution in [0.3, 0.4) is 0 Å². The third-order valence-electron chi connectivity index (χ3n) is 6.14. The van der Waals surface area contributed by atoms with Gasteiger partial charge in [-0.2, -0.15) is 0 Å². The van der Waals surface area contributed by atoms with E-state index in [9.17, 15) is 13.2 Å². The number of rotatable bonds is 6. The van der Waals surface area contributed by atoms with E-state index < -0.39 is 15.9 Å². The van der Waals surface area contributed by atoms with Crippen molar-refractivity contribution in [3.63, 3.8) is 0 Å². The molecule has 2 aromatic carbocycles. The van der Waals surface area contributed by atoms with Gasteiger partial charge < -0.3 is 10.2 Å². The Morgan fingerprint density at radius 2 is 1.62 bits per heavy atom. The molecule has 1 amide bonds. The summed E-state index contributed by atoms with van der Waals surface area (Å²) in [6.07, 6.45) is 3.70. The highest BCUT2D eigenvalue weighted by Gasteiger charge is 2.33. The van der Waals surface area contributed by atoms with Gasteiger partial charge in [0.1, 0.15) is 0 Å². The van der Waals surface area contributed by atoms with E-state index in [1.807, 2.05) is 24.3 Å². The van der Waals surface area contributed by atoms with E-state index in [1.54, 1.807) is 18.2 Å². The minimum absolute atomic E-state index is 0.155. The zero-order valence-electron chi connectivity index (χ0n) is 17.8. The number of amides is 1. The lowest BCUT2D eigenvalue weighted by atomic mass is 9.98. The molecule has 1 atom stereocenters. The Hall–Kier alpha value is -1.80. The molecule has 2 heterocycles. The summed E-state index contributed by atoms with van der Waals surface area (Å²) in [5.41, 5.74) is 2.27. The first-order valence-corrected chi connectivity index (χ1v) is 13.3. The molecule has 172 valence electrons. The Bertz CT molecular complexity index is 1050. The molecule has 2 aliphatic heterocycles. The fourth-order valence-corrected chi connectivity index (χ4v) is 6.69. The van der Waals surface area contributed by atoms with Crippen LogP contribution in [0.25, 0.3) is 0 Å². The molecule has 6 nitrogen and oxygen atoms in total. The van der Waals surface area contributed by atoms with E-state index in [-0.39, 0.29) is 18.2 Å². The summed E-state index contributed by atoms with van der Waals surface area (Å²) in [6, 6.07) is 12.8. The molecule has 2 saturated heterocycles. The SMILES string of the molecule is O=C(Nc1ccc(N2CCCC2)cc1)[C@H]1CCCN(S(=O)(=O)Cc2c(Cl)cccc2Cl)C1. The zero-order chi connectivity index (χ0) is 22.7. The van der Waals surface area contributed by atoms with Crippen LogP contribution in [0.15, 0.2) is 42.5 Å². The number of piperidine rings is 1. The molecule has 0 aromatic heterocycles. The molecule has 2 fully saturated rings. The predicted octanol–water partition coefficient (Wildman–Crippen LogP) is 4.77. The zero-order valence-corrected chi connectivity index (χ0v) is 20.1. The average molecular weight is 496 g/mol. The highest BCUT2D eigenvalue weighted by Crippen LogP contribution is 2.29. The second-order valence-corrected chi connectivity index (χ2v) is 11.2. The van der Waals surface area contributed by atoms with E-state index in [0.717, 1.165) is 24.5 Å². The molecule has 1 N–H and O–H groups in total. The maximum absolute atomic E-state index is 13.0. The number of carbonyl (C=O) groups excluding carboxylic acids is 1. The van der Waals surface area contributed by atoms with Gasteiger partial charge in [0, 0.05) is 53.2 Å². The third-order valence-corrected chi connectivity index (χ3v) is 8.62. The van der Waals surface area contributed by atoms with Crippen molar-refractivity contribution in [1.82, 2.24) is 4.31 Å². The number of sulfonamides is 1. The largest absolute Gasteiger partial charge is 0.372 e. The Morgan fingerprint density at radius 1 is 0.969 bits per heavy atom. The van der Waals surface area contributed by atoms with Crippen LogP contribution in [0.1, 0.15) is 31.2 Å². The van der Waals surface area contributed by atoms with E-state index in [1.165, 1.54) is 17.1 Å². The van der Waals surface area contributed by atoms with Gasteiger partial charge in [0.15, 0.2) is 0 Å². The Balaban J connectivity index is 1.39. The molecule has 0 bridgehead atoms. The quantitative estimate of drug-likeness (QED) is 0.626. The smallest absolute Gasteiger partial charge is 0.228 e. The van der Waals surface area contributed by atoms with Crippen LogP contribution in [0.4, 0.5) is 11.4 Å². The van der Waals surface area contributed by atoms with Crippen molar-refractivity contribution in [1.29, 1.82) is 0 Å². The van der Waals surface area contributed by atoms with Gasteiger partial charge in [0.25, 0.3) is 0 Å². The molecule has 0 unspecified atom stereocenters. The molecular weight excluding hydrogens is 469 g/mol. The summed E-state index contributed by atoms with van der Waals surface area (Å²) in [5, 5.41) is 3.60. The van der Waals surface area contributed by atoms with E-state index in [4.69, 9.17) is 23.2 Å².